The first-order valence-corrected chi connectivity index (χ1v) is 6.91. The van der Waals surface area contributed by atoms with Crippen LogP contribution in [0.25, 0.3) is 0 Å². The fourth-order valence-electron chi connectivity index (χ4n) is 1.38. The van der Waals surface area contributed by atoms with Gasteiger partial charge in [-0.2, -0.15) is 0 Å². The van der Waals surface area contributed by atoms with E-state index in [4.69, 9.17) is 5.73 Å². The van der Waals surface area contributed by atoms with Crippen LogP contribution in [0.2, 0.25) is 0 Å². The van der Waals surface area contributed by atoms with Gasteiger partial charge in [0.1, 0.15) is 0 Å². The van der Waals surface area contributed by atoms with Gasteiger partial charge >= 0.3 is 0 Å². The molecule has 0 saturated heterocycles. The van der Waals surface area contributed by atoms with Crippen LogP contribution in [0.4, 0.5) is 11.4 Å². The Balaban J connectivity index is 2.55. The number of nitrogens with one attached hydrogen (secondary N) is 1. The minimum absolute atomic E-state index is 0.0324. The predicted octanol–water partition coefficient (Wildman–Crippen LogP) is 2.02. The molecule has 0 aliphatic carbocycles. The van der Waals surface area contributed by atoms with Gasteiger partial charge in [0.25, 0.3) is 0 Å². The molecule has 4 nitrogen and oxygen atoms in total. The van der Waals surface area contributed by atoms with E-state index < -0.39 is 6.10 Å². The van der Waals surface area contributed by atoms with Gasteiger partial charge in [-0.3, -0.25) is 4.79 Å². The van der Waals surface area contributed by atoms with Gasteiger partial charge in [0.05, 0.1) is 23.2 Å². The van der Waals surface area contributed by atoms with E-state index >= 15 is 0 Å². The van der Waals surface area contributed by atoms with E-state index in [0.29, 0.717) is 17.1 Å². The van der Waals surface area contributed by atoms with E-state index in [-0.39, 0.29) is 11.2 Å². The Morgan fingerprint density at radius 3 is 2.72 bits per heavy atom. The molecule has 0 radical (unpaired) electrons. The Labute approximate surface area is 112 Å². The van der Waals surface area contributed by atoms with Crippen LogP contribution >= 0.6 is 11.8 Å². The lowest BCUT2D eigenvalue weighted by Gasteiger charge is -2.15. The zero-order valence-electron chi connectivity index (χ0n) is 10.9. The fourth-order valence-corrected chi connectivity index (χ4v) is 2.15. The maximum Gasteiger partial charge on any atom is 0.234 e. The summed E-state index contributed by atoms with van der Waals surface area (Å²) in [6, 6.07) is 5.51. The number of hydrogen-bond acceptors (Lipinski definition) is 4. The molecule has 0 fully saturated rings. The third-order valence-electron chi connectivity index (χ3n) is 2.73. The van der Waals surface area contributed by atoms with E-state index in [1.807, 2.05) is 26.0 Å². The number of carbonyl (C=O) groups is 1. The summed E-state index contributed by atoms with van der Waals surface area (Å²) in [5, 5.41) is 12.2. The molecular formula is C13H20N2O2S. The number of carbonyl (C=O) groups excluding carboxylic acids is 1. The van der Waals surface area contributed by atoms with Gasteiger partial charge in [0.15, 0.2) is 0 Å². The molecular weight excluding hydrogens is 248 g/mol. The Kier molecular flexibility index (Phi) is 5.50. The van der Waals surface area contributed by atoms with Crippen LogP contribution < -0.4 is 11.1 Å². The number of para-hydroxylation sites is 1. The average molecular weight is 268 g/mol. The summed E-state index contributed by atoms with van der Waals surface area (Å²) >= 11 is 1.42. The molecule has 1 aromatic carbocycles. The summed E-state index contributed by atoms with van der Waals surface area (Å²) < 4.78 is 0. The molecule has 1 aromatic rings. The number of amides is 1. The minimum atomic E-state index is -0.425. The summed E-state index contributed by atoms with van der Waals surface area (Å²) in [5.41, 5.74) is 7.99. The zero-order chi connectivity index (χ0) is 13.7. The van der Waals surface area contributed by atoms with Crippen molar-refractivity contribution >= 4 is 29.0 Å². The van der Waals surface area contributed by atoms with E-state index in [0.717, 1.165) is 5.56 Å². The Morgan fingerprint density at radius 1 is 1.50 bits per heavy atom. The van der Waals surface area contributed by atoms with E-state index in [2.05, 4.69) is 5.32 Å². The summed E-state index contributed by atoms with van der Waals surface area (Å²) in [7, 11) is 0. The lowest BCUT2D eigenvalue weighted by atomic mass is 10.1. The molecule has 0 aromatic heterocycles. The zero-order valence-corrected chi connectivity index (χ0v) is 11.8. The lowest BCUT2D eigenvalue weighted by molar-refractivity contribution is -0.113. The number of rotatable bonds is 5. The number of aryl methyl sites for hydroxylation is 1. The van der Waals surface area contributed by atoms with Crippen LogP contribution in [0.5, 0.6) is 0 Å². The predicted molar refractivity (Wildman–Crippen MR) is 77.8 cm³/mol. The average Bonchev–Trinajstić information content (AvgIpc) is 2.30. The molecule has 4 N–H and O–H groups in total. The van der Waals surface area contributed by atoms with Crippen molar-refractivity contribution in [3.05, 3.63) is 23.8 Å². The standard InChI is InChI=1S/C13H20N2O2S/c1-8-5-4-6-11(14)13(8)15-12(17)7-18-10(3)9(2)16/h4-6,9-10,16H,7,14H2,1-3H3,(H,15,17). The number of aliphatic hydroxyl groups is 1. The summed E-state index contributed by atoms with van der Waals surface area (Å²) in [6.45, 7) is 5.51. The number of aliphatic hydroxyl groups excluding tert-OH is 1. The summed E-state index contributed by atoms with van der Waals surface area (Å²) in [4.78, 5) is 11.8. The maximum absolute atomic E-state index is 11.8. The molecule has 0 saturated carbocycles. The molecule has 18 heavy (non-hydrogen) atoms. The van der Waals surface area contributed by atoms with Gasteiger partial charge in [-0.05, 0) is 25.5 Å². The van der Waals surface area contributed by atoms with Crippen LogP contribution in [0.1, 0.15) is 19.4 Å². The highest BCUT2D eigenvalue weighted by Crippen LogP contribution is 2.23. The largest absolute Gasteiger partial charge is 0.397 e. The third kappa shape index (κ3) is 4.23. The van der Waals surface area contributed by atoms with Crippen molar-refractivity contribution in [2.45, 2.75) is 32.1 Å². The topological polar surface area (TPSA) is 75.3 Å². The molecule has 0 aliphatic rings. The number of anilines is 2. The van der Waals surface area contributed by atoms with Crippen molar-refractivity contribution in [3.63, 3.8) is 0 Å². The number of nitrogens with two attached hydrogens (primary N) is 1. The highest BCUT2D eigenvalue weighted by molar-refractivity contribution is 8.00. The quantitative estimate of drug-likeness (QED) is 0.714. The molecule has 0 spiro atoms. The smallest absolute Gasteiger partial charge is 0.234 e. The van der Waals surface area contributed by atoms with Crippen LogP contribution in [-0.4, -0.2) is 28.1 Å². The van der Waals surface area contributed by atoms with Gasteiger partial charge in [0.2, 0.25) is 5.91 Å². The molecule has 100 valence electrons. The van der Waals surface area contributed by atoms with Crippen molar-refractivity contribution < 1.29 is 9.90 Å². The Hall–Kier alpha value is -1.20. The molecule has 1 rings (SSSR count). The SMILES string of the molecule is Cc1cccc(N)c1NC(=O)CSC(C)C(C)O. The molecule has 0 heterocycles. The van der Waals surface area contributed by atoms with Crippen molar-refractivity contribution in [2.75, 3.05) is 16.8 Å². The second-order valence-electron chi connectivity index (χ2n) is 4.34. The van der Waals surface area contributed by atoms with Gasteiger partial charge in [-0.25, -0.2) is 0 Å². The van der Waals surface area contributed by atoms with Crippen LogP contribution in [0, 0.1) is 6.92 Å². The Bertz CT molecular complexity index is 401. The molecule has 5 heteroatoms. The number of benzene rings is 1. The maximum atomic E-state index is 11.8. The molecule has 2 atom stereocenters. The summed E-state index contributed by atoms with van der Waals surface area (Å²) in [6.07, 6.45) is -0.425. The van der Waals surface area contributed by atoms with Crippen molar-refractivity contribution in [2.24, 2.45) is 0 Å². The highest BCUT2D eigenvalue weighted by Gasteiger charge is 2.13. The fraction of sp³-hybridized carbons (Fsp3) is 0.462. The molecule has 2 unspecified atom stereocenters. The van der Waals surface area contributed by atoms with E-state index in [9.17, 15) is 9.90 Å². The van der Waals surface area contributed by atoms with E-state index in [1.165, 1.54) is 11.8 Å². The first-order chi connectivity index (χ1) is 8.41. The van der Waals surface area contributed by atoms with Crippen LogP contribution in [0.3, 0.4) is 0 Å². The first-order valence-electron chi connectivity index (χ1n) is 5.86. The molecule has 0 aliphatic heterocycles. The van der Waals surface area contributed by atoms with E-state index in [1.54, 1.807) is 13.0 Å². The number of thioether (sulfide) groups is 1. The number of nitrogen functional groups attached to an aromatic ring is 1. The lowest BCUT2D eigenvalue weighted by Crippen LogP contribution is -2.21. The summed E-state index contributed by atoms with van der Waals surface area (Å²) in [5.74, 6) is 0.202. The van der Waals surface area contributed by atoms with Crippen molar-refractivity contribution in [1.29, 1.82) is 0 Å². The Morgan fingerprint density at radius 2 is 2.17 bits per heavy atom. The highest BCUT2D eigenvalue weighted by atomic mass is 32.2. The van der Waals surface area contributed by atoms with Gasteiger partial charge < -0.3 is 16.2 Å². The molecule has 1 amide bonds. The third-order valence-corrected chi connectivity index (χ3v) is 4.07. The first kappa shape index (κ1) is 14.9. The monoisotopic (exact) mass is 268 g/mol. The normalized spacial score (nSPS) is 14.0. The second-order valence-corrected chi connectivity index (χ2v) is 5.71. The minimum Gasteiger partial charge on any atom is -0.397 e. The van der Waals surface area contributed by atoms with Gasteiger partial charge in [0, 0.05) is 5.25 Å². The van der Waals surface area contributed by atoms with Crippen molar-refractivity contribution in [1.82, 2.24) is 0 Å². The molecule has 0 bridgehead atoms. The van der Waals surface area contributed by atoms with Crippen molar-refractivity contribution in [3.8, 4) is 0 Å². The second kappa shape index (κ2) is 6.66. The van der Waals surface area contributed by atoms with Gasteiger partial charge in [-0.15, -0.1) is 11.8 Å². The number of hydrogen-bond donors (Lipinski definition) is 3. The van der Waals surface area contributed by atoms with Crippen LogP contribution in [-0.2, 0) is 4.79 Å². The van der Waals surface area contributed by atoms with Crippen LogP contribution in [0.15, 0.2) is 18.2 Å². The van der Waals surface area contributed by atoms with Gasteiger partial charge in [-0.1, -0.05) is 19.1 Å².